The van der Waals surface area contributed by atoms with Crippen molar-refractivity contribution in [2.24, 2.45) is 0 Å². The van der Waals surface area contributed by atoms with E-state index in [2.05, 4.69) is 15.5 Å². The average Bonchev–Trinajstić information content (AvgIpc) is 2.88. The number of halogens is 1. The molecule has 0 unspecified atom stereocenters. The monoisotopic (exact) mass is 280 g/mol. The standard InChI is InChI=1S/C12H13FN4OS/c1-3-17(9-6-4-5-8(13)7-9)11(18)10-15-16-12(14-2)19-10/h4-7H,3H2,1-2H3,(H,14,16). The summed E-state index contributed by atoms with van der Waals surface area (Å²) in [5.41, 5.74) is 0.508. The van der Waals surface area contributed by atoms with Crippen molar-refractivity contribution in [3.05, 3.63) is 35.1 Å². The zero-order valence-electron chi connectivity index (χ0n) is 10.6. The van der Waals surface area contributed by atoms with E-state index in [0.29, 0.717) is 17.4 Å². The lowest BCUT2D eigenvalue weighted by Crippen LogP contribution is -2.30. The molecule has 1 heterocycles. The molecule has 0 saturated carbocycles. The lowest BCUT2D eigenvalue weighted by Gasteiger charge is -2.19. The van der Waals surface area contributed by atoms with Gasteiger partial charge in [-0.1, -0.05) is 17.4 Å². The fourth-order valence-corrected chi connectivity index (χ4v) is 2.26. The number of nitrogens with one attached hydrogen (secondary N) is 1. The Labute approximate surface area is 114 Å². The van der Waals surface area contributed by atoms with E-state index in [0.717, 1.165) is 0 Å². The highest BCUT2D eigenvalue weighted by atomic mass is 32.1. The van der Waals surface area contributed by atoms with Crippen molar-refractivity contribution in [3.63, 3.8) is 0 Å². The van der Waals surface area contributed by atoms with Gasteiger partial charge in [0.2, 0.25) is 10.1 Å². The molecule has 0 radical (unpaired) electrons. The molecule has 1 amide bonds. The topological polar surface area (TPSA) is 58.1 Å². The van der Waals surface area contributed by atoms with Crippen molar-refractivity contribution < 1.29 is 9.18 Å². The Bertz CT molecular complexity index is 587. The highest BCUT2D eigenvalue weighted by Gasteiger charge is 2.20. The van der Waals surface area contributed by atoms with E-state index in [9.17, 15) is 9.18 Å². The van der Waals surface area contributed by atoms with Gasteiger partial charge in [0, 0.05) is 19.3 Å². The number of nitrogens with zero attached hydrogens (tertiary/aromatic N) is 3. The summed E-state index contributed by atoms with van der Waals surface area (Å²) in [7, 11) is 1.71. The van der Waals surface area contributed by atoms with Crippen LogP contribution in [0.3, 0.4) is 0 Å². The Morgan fingerprint density at radius 2 is 2.26 bits per heavy atom. The van der Waals surface area contributed by atoms with Gasteiger partial charge in [-0.05, 0) is 25.1 Å². The first-order chi connectivity index (χ1) is 9.15. The molecule has 100 valence electrons. The first-order valence-electron chi connectivity index (χ1n) is 5.74. The van der Waals surface area contributed by atoms with Gasteiger partial charge in [-0.2, -0.15) is 0 Å². The maximum absolute atomic E-state index is 13.2. The van der Waals surface area contributed by atoms with Crippen molar-refractivity contribution >= 4 is 28.1 Å². The number of carbonyl (C=O) groups is 1. The molecule has 0 aliphatic heterocycles. The fourth-order valence-electron chi connectivity index (χ4n) is 1.61. The molecule has 7 heteroatoms. The molecule has 0 atom stereocenters. The van der Waals surface area contributed by atoms with Crippen LogP contribution in [-0.4, -0.2) is 29.7 Å². The lowest BCUT2D eigenvalue weighted by molar-refractivity contribution is 0.0987. The molecule has 2 rings (SSSR count). The molecule has 0 aliphatic rings. The van der Waals surface area contributed by atoms with Gasteiger partial charge < -0.3 is 10.2 Å². The van der Waals surface area contributed by atoms with E-state index >= 15 is 0 Å². The molecule has 1 N–H and O–H groups in total. The number of rotatable bonds is 4. The van der Waals surface area contributed by atoms with Gasteiger partial charge in [0.05, 0.1) is 0 Å². The summed E-state index contributed by atoms with van der Waals surface area (Å²) in [6, 6.07) is 5.91. The van der Waals surface area contributed by atoms with Crippen LogP contribution in [0.15, 0.2) is 24.3 Å². The third-order valence-corrected chi connectivity index (χ3v) is 3.43. The van der Waals surface area contributed by atoms with Crippen molar-refractivity contribution in [2.75, 3.05) is 23.8 Å². The molecule has 2 aromatic rings. The maximum atomic E-state index is 13.2. The second kappa shape index (κ2) is 5.75. The molecule has 0 spiro atoms. The molecule has 0 saturated heterocycles. The number of amides is 1. The Hall–Kier alpha value is -2.02. The second-order valence-electron chi connectivity index (χ2n) is 3.69. The Balaban J connectivity index is 2.29. The molecule has 19 heavy (non-hydrogen) atoms. The number of anilines is 2. The highest BCUT2D eigenvalue weighted by molar-refractivity contribution is 7.17. The van der Waals surface area contributed by atoms with Gasteiger partial charge in [-0.3, -0.25) is 4.79 Å². The van der Waals surface area contributed by atoms with Crippen LogP contribution in [0.1, 0.15) is 16.7 Å². The van der Waals surface area contributed by atoms with Crippen LogP contribution in [-0.2, 0) is 0 Å². The Morgan fingerprint density at radius 1 is 1.47 bits per heavy atom. The third-order valence-electron chi connectivity index (χ3n) is 2.50. The van der Waals surface area contributed by atoms with Crippen LogP contribution in [0, 0.1) is 5.82 Å². The van der Waals surface area contributed by atoms with Crippen LogP contribution >= 0.6 is 11.3 Å². The average molecular weight is 280 g/mol. The van der Waals surface area contributed by atoms with E-state index in [4.69, 9.17) is 0 Å². The summed E-state index contributed by atoms with van der Waals surface area (Å²) >= 11 is 1.17. The van der Waals surface area contributed by atoms with Crippen LogP contribution in [0.4, 0.5) is 15.2 Å². The van der Waals surface area contributed by atoms with Gasteiger partial charge in [0.1, 0.15) is 5.82 Å². The molecule has 1 aromatic carbocycles. The van der Waals surface area contributed by atoms with Crippen molar-refractivity contribution in [1.29, 1.82) is 0 Å². The second-order valence-corrected chi connectivity index (χ2v) is 4.67. The van der Waals surface area contributed by atoms with Gasteiger partial charge in [-0.15, -0.1) is 10.2 Å². The van der Waals surface area contributed by atoms with E-state index < -0.39 is 0 Å². The zero-order valence-corrected chi connectivity index (χ0v) is 11.4. The van der Waals surface area contributed by atoms with Crippen molar-refractivity contribution in [1.82, 2.24) is 10.2 Å². The predicted molar refractivity (Wildman–Crippen MR) is 73.2 cm³/mol. The van der Waals surface area contributed by atoms with E-state index in [-0.39, 0.29) is 16.7 Å². The summed E-state index contributed by atoms with van der Waals surface area (Å²) in [6.07, 6.45) is 0. The molecule has 0 bridgehead atoms. The van der Waals surface area contributed by atoms with Crippen LogP contribution < -0.4 is 10.2 Å². The first-order valence-corrected chi connectivity index (χ1v) is 6.56. The minimum atomic E-state index is -0.378. The quantitative estimate of drug-likeness (QED) is 0.934. The van der Waals surface area contributed by atoms with E-state index in [1.54, 1.807) is 19.2 Å². The molecular formula is C12H13FN4OS. The summed E-state index contributed by atoms with van der Waals surface area (Å²) in [5, 5.41) is 11.3. The maximum Gasteiger partial charge on any atom is 0.289 e. The van der Waals surface area contributed by atoms with Crippen molar-refractivity contribution in [3.8, 4) is 0 Å². The third kappa shape index (κ3) is 2.87. The van der Waals surface area contributed by atoms with Crippen LogP contribution in [0.2, 0.25) is 0 Å². The summed E-state index contributed by atoms with van der Waals surface area (Å²) in [5.74, 6) is -0.663. The predicted octanol–water partition coefficient (Wildman–Crippen LogP) is 2.39. The Kier molecular flexibility index (Phi) is 4.06. The molecule has 0 fully saturated rings. The van der Waals surface area contributed by atoms with Gasteiger partial charge in [-0.25, -0.2) is 4.39 Å². The number of benzene rings is 1. The number of hydrogen-bond acceptors (Lipinski definition) is 5. The molecular weight excluding hydrogens is 267 g/mol. The van der Waals surface area contributed by atoms with E-state index in [1.807, 2.05) is 6.92 Å². The summed E-state index contributed by atoms with van der Waals surface area (Å²) in [6.45, 7) is 2.25. The van der Waals surface area contributed by atoms with Gasteiger partial charge >= 0.3 is 0 Å². The molecule has 5 nitrogen and oxygen atoms in total. The fraction of sp³-hybridized carbons (Fsp3) is 0.250. The minimum Gasteiger partial charge on any atom is -0.363 e. The highest BCUT2D eigenvalue weighted by Crippen LogP contribution is 2.21. The Morgan fingerprint density at radius 3 is 2.84 bits per heavy atom. The SMILES string of the molecule is CCN(C(=O)c1nnc(NC)s1)c1cccc(F)c1. The van der Waals surface area contributed by atoms with E-state index in [1.165, 1.54) is 28.4 Å². The summed E-state index contributed by atoms with van der Waals surface area (Å²) < 4.78 is 13.2. The van der Waals surface area contributed by atoms with Crippen molar-refractivity contribution in [2.45, 2.75) is 6.92 Å². The normalized spacial score (nSPS) is 10.3. The van der Waals surface area contributed by atoms with Gasteiger partial charge in [0.15, 0.2) is 0 Å². The van der Waals surface area contributed by atoms with Crippen LogP contribution in [0.25, 0.3) is 0 Å². The number of carbonyl (C=O) groups excluding carboxylic acids is 1. The lowest BCUT2D eigenvalue weighted by atomic mass is 10.2. The molecule has 0 aliphatic carbocycles. The van der Waals surface area contributed by atoms with Crippen LogP contribution in [0.5, 0.6) is 0 Å². The van der Waals surface area contributed by atoms with Gasteiger partial charge in [0.25, 0.3) is 5.91 Å². The molecule has 1 aromatic heterocycles. The smallest absolute Gasteiger partial charge is 0.289 e. The zero-order chi connectivity index (χ0) is 13.8. The first kappa shape index (κ1) is 13.4. The summed E-state index contributed by atoms with van der Waals surface area (Å²) in [4.78, 5) is 13.8. The number of hydrogen-bond donors (Lipinski definition) is 1. The minimum absolute atomic E-state index is 0.274. The number of aromatic nitrogens is 2. The largest absolute Gasteiger partial charge is 0.363 e.